The van der Waals surface area contributed by atoms with Crippen LogP contribution < -0.4 is 9.47 Å². The average Bonchev–Trinajstić information content (AvgIpc) is 2.62. The van der Waals surface area contributed by atoms with Crippen LogP contribution in [0.15, 0.2) is 36.4 Å². The lowest BCUT2D eigenvalue weighted by molar-refractivity contribution is -0.140. The Labute approximate surface area is 149 Å². The van der Waals surface area contributed by atoms with Crippen LogP contribution >= 0.6 is 0 Å². The molecule has 1 aliphatic heterocycles. The van der Waals surface area contributed by atoms with Gasteiger partial charge in [-0.1, -0.05) is 12.1 Å². The Morgan fingerprint density at radius 1 is 1.15 bits per heavy atom. The molecule has 0 radical (unpaired) electrons. The number of rotatable bonds is 4. The molecular formula is C19H18FNO5. The molecule has 3 rings (SSSR count). The van der Waals surface area contributed by atoms with E-state index in [9.17, 15) is 19.1 Å². The van der Waals surface area contributed by atoms with Gasteiger partial charge in [0.1, 0.15) is 11.7 Å². The molecule has 0 aromatic heterocycles. The maximum absolute atomic E-state index is 13.7. The Morgan fingerprint density at radius 2 is 1.81 bits per heavy atom. The Bertz CT molecular complexity index is 882. The predicted octanol–water partition coefficient (Wildman–Crippen LogP) is 2.84. The third kappa shape index (κ3) is 2.75. The summed E-state index contributed by atoms with van der Waals surface area (Å²) in [7, 11) is 4.37. The largest absolute Gasteiger partial charge is 0.493 e. The van der Waals surface area contributed by atoms with Crippen LogP contribution in [0.3, 0.4) is 0 Å². The first kappa shape index (κ1) is 17.7. The molecule has 1 amide bonds. The van der Waals surface area contributed by atoms with E-state index < -0.39 is 23.7 Å². The van der Waals surface area contributed by atoms with Crippen LogP contribution in [0.1, 0.15) is 33.4 Å². The maximum atomic E-state index is 13.7. The third-order valence-electron chi connectivity index (χ3n) is 4.63. The molecule has 2 aromatic rings. The van der Waals surface area contributed by atoms with E-state index >= 15 is 0 Å². The van der Waals surface area contributed by atoms with Crippen molar-refractivity contribution < 1.29 is 28.6 Å². The first-order valence-corrected chi connectivity index (χ1v) is 7.90. The zero-order valence-corrected chi connectivity index (χ0v) is 14.5. The van der Waals surface area contributed by atoms with Gasteiger partial charge in [-0.05, 0) is 35.4 Å². The Morgan fingerprint density at radius 3 is 2.38 bits per heavy atom. The van der Waals surface area contributed by atoms with Crippen LogP contribution in [0, 0.1) is 5.82 Å². The predicted molar refractivity (Wildman–Crippen MR) is 91.2 cm³/mol. The number of fused-ring (bicyclic) bond motifs is 1. The fraction of sp³-hybridized carbons (Fsp3) is 0.263. The second-order valence-electron chi connectivity index (χ2n) is 6.03. The molecule has 0 bridgehead atoms. The molecule has 0 unspecified atom stereocenters. The van der Waals surface area contributed by atoms with E-state index in [1.165, 1.54) is 56.5 Å². The monoisotopic (exact) mass is 359 g/mol. The molecule has 1 N–H and O–H groups in total. The molecule has 7 heteroatoms. The van der Waals surface area contributed by atoms with Crippen molar-refractivity contribution >= 4 is 11.9 Å². The highest BCUT2D eigenvalue weighted by Gasteiger charge is 2.43. The molecule has 1 aliphatic rings. The molecule has 0 saturated carbocycles. The second kappa shape index (κ2) is 6.67. The molecule has 1 heterocycles. The van der Waals surface area contributed by atoms with E-state index in [1.54, 1.807) is 6.07 Å². The van der Waals surface area contributed by atoms with Crippen molar-refractivity contribution in [2.45, 2.75) is 12.0 Å². The number of carbonyl (C=O) groups is 2. The summed E-state index contributed by atoms with van der Waals surface area (Å²) in [5, 5.41) is 9.88. The number of amides is 1. The minimum Gasteiger partial charge on any atom is -0.493 e. The van der Waals surface area contributed by atoms with Crippen molar-refractivity contribution in [2.75, 3.05) is 21.3 Å². The summed E-state index contributed by atoms with van der Waals surface area (Å²) in [6.07, 6.45) is 0. The lowest BCUT2D eigenvalue weighted by atomic mass is 9.80. The highest BCUT2D eigenvalue weighted by molar-refractivity contribution is 6.01. The summed E-state index contributed by atoms with van der Waals surface area (Å²) in [6.45, 7) is 0. The molecule has 2 atom stereocenters. The number of hydrogen-bond acceptors (Lipinski definition) is 4. The fourth-order valence-corrected chi connectivity index (χ4v) is 3.42. The van der Waals surface area contributed by atoms with Crippen LogP contribution in [0.2, 0.25) is 0 Å². The highest BCUT2D eigenvalue weighted by Crippen LogP contribution is 2.45. The number of methoxy groups -OCH3 is 2. The Kier molecular flexibility index (Phi) is 4.54. The number of ether oxygens (including phenoxy) is 2. The molecular weight excluding hydrogens is 341 g/mol. The van der Waals surface area contributed by atoms with E-state index in [-0.39, 0.29) is 11.5 Å². The molecule has 0 spiro atoms. The number of hydrogen-bond donors (Lipinski definition) is 1. The van der Waals surface area contributed by atoms with Gasteiger partial charge in [-0.2, -0.15) is 0 Å². The zero-order chi connectivity index (χ0) is 19.0. The molecule has 6 nitrogen and oxygen atoms in total. The molecule has 0 aliphatic carbocycles. The standard InChI is InChI=1S/C19H18FNO5/c1-21-17(10-5-4-6-11(20)7-10)16(19(23)24)12-8-14(25-2)15(26-3)9-13(12)18(21)22/h4-9,16-17H,1-3H3,(H,23,24)/t16-,17+/m1/s1. The van der Waals surface area contributed by atoms with Gasteiger partial charge in [-0.25, -0.2) is 4.39 Å². The van der Waals surface area contributed by atoms with Crippen molar-refractivity contribution in [2.24, 2.45) is 0 Å². The number of carbonyl (C=O) groups excluding carboxylic acids is 1. The van der Waals surface area contributed by atoms with Crippen molar-refractivity contribution in [3.63, 3.8) is 0 Å². The van der Waals surface area contributed by atoms with Crippen LogP contribution in [0.25, 0.3) is 0 Å². The third-order valence-corrected chi connectivity index (χ3v) is 4.63. The van der Waals surface area contributed by atoms with Crippen LogP contribution in [-0.4, -0.2) is 43.2 Å². The Balaban J connectivity index is 2.25. The summed E-state index contributed by atoms with van der Waals surface area (Å²) in [4.78, 5) is 26.3. The highest BCUT2D eigenvalue weighted by atomic mass is 19.1. The van der Waals surface area contributed by atoms with Crippen molar-refractivity contribution in [1.82, 2.24) is 4.90 Å². The van der Waals surface area contributed by atoms with Gasteiger partial charge in [0.05, 0.1) is 20.3 Å². The fourth-order valence-electron chi connectivity index (χ4n) is 3.42. The zero-order valence-electron chi connectivity index (χ0n) is 14.5. The Hall–Kier alpha value is -3.09. The molecule has 0 saturated heterocycles. The maximum Gasteiger partial charge on any atom is 0.313 e. The van der Waals surface area contributed by atoms with E-state index in [4.69, 9.17) is 9.47 Å². The normalized spacial score (nSPS) is 19.1. The number of likely N-dealkylation sites (N-methyl/N-ethyl adjacent to an activating group) is 1. The smallest absolute Gasteiger partial charge is 0.313 e. The van der Waals surface area contributed by atoms with E-state index in [0.29, 0.717) is 22.6 Å². The number of aliphatic carboxylic acids is 1. The van der Waals surface area contributed by atoms with E-state index in [2.05, 4.69) is 0 Å². The summed E-state index contributed by atoms with van der Waals surface area (Å²) in [6, 6.07) is 7.75. The van der Waals surface area contributed by atoms with E-state index in [1.807, 2.05) is 0 Å². The van der Waals surface area contributed by atoms with Crippen molar-refractivity contribution in [1.29, 1.82) is 0 Å². The quantitative estimate of drug-likeness (QED) is 0.908. The van der Waals surface area contributed by atoms with Gasteiger partial charge in [0.25, 0.3) is 5.91 Å². The molecule has 26 heavy (non-hydrogen) atoms. The van der Waals surface area contributed by atoms with Gasteiger partial charge in [-0.3, -0.25) is 9.59 Å². The molecule has 2 aromatic carbocycles. The number of nitrogens with zero attached hydrogens (tertiary/aromatic N) is 1. The van der Waals surface area contributed by atoms with Gasteiger partial charge in [0.2, 0.25) is 0 Å². The number of halogens is 1. The summed E-state index contributed by atoms with van der Waals surface area (Å²) in [5.41, 5.74) is 0.950. The second-order valence-corrected chi connectivity index (χ2v) is 6.03. The summed E-state index contributed by atoms with van der Waals surface area (Å²) >= 11 is 0. The number of carboxylic acid groups (broad SMARTS) is 1. The van der Waals surface area contributed by atoms with Crippen molar-refractivity contribution in [3.8, 4) is 11.5 Å². The topological polar surface area (TPSA) is 76.1 Å². The first-order chi connectivity index (χ1) is 12.4. The minimum absolute atomic E-state index is 0.227. The lowest BCUT2D eigenvalue weighted by Gasteiger charge is -2.38. The van der Waals surface area contributed by atoms with Crippen molar-refractivity contribution in [3.05, 3.63) is 58.9 Å². The van der Waals surface area contributed by atoms with Gasteiger partial charge in [-0.15, -0.1) is 0 Å². The van der Waals surface area contributed by atoms with Gasteiger partial charge in [0.15, 0.2) is 11.5 Å². The number of carboxylic acids is 1. The number of benzene rings is 2. The van der Waals surface area contributed by atoms with Crippen LogP contribution in [0.5, 0.6) is 11.5 Å². The van der Waals surface area contributed by atoms with E-state index in [0.717, 1.165) is 0 Å². The molecule has 136 valence electrons. The van der Waals surface area contributed by atoms with Gasteiger partial charge >= 0.3 is 5.97 Å². The van der Waals surface area contributed by atoms with Gasteiger partial charge in [0, 0.05) is 12.6 Å². The minimum atomic E-state index is -1.12. The average molecular weight is 359 g/mol. The van der Waals surface area contributed by atoms with Gasteiger partial charge < -0.3 is 19.5 Å². The van der Waals surface area contributed by atoms with Crippen LogP contribution in [0.4, 0.5) is 4.39 Å². The SMILES string of the molecule is COc1cc2c(cc1OC)[C@@H](C(=O)O)[C@H](c1cccc(F)c1)N(C)C2=O. The lowest BCUT2D eigenvalue weighted by Crippen LogP contribution is -2.42. The van der Waals surface area contributed by atoms with Crippen LogP contribution in [-0.2, 0) is 4.79 Å². The first-order valence-electron chi connectivity index (χ1n) is 7.90. The molecule has 0 fully saturated rings. The summed E-state index contributed by atoms with van der Waals surface area (Å²) < 4.78 is 24.2. The summed E-state index contributed by atoms with van der Waals surface area (Å²) in [5.74, 6) is -2.39.